The molecule has 0 fully saturated rings. The zero-order valence-electron chi connectivity index (χ0n) is 10.6. The number of methoxy groups -OCH3 is 2. The van der Waals surface area contributed by atoms with Crippen LogP contribution in [0.4, 0.5) is 0 Å². The maximum absolute atomic E-state index is 11.5. The highest BCUT2D eigenvalue weighted by atomic mass is 127. The number of hydrogen-bond donors (Lipinski definition) is 0. The summed E-state index contributed by atoms with van der Waals surface area (Å²) in [5, 5.41) is 4.20. The van der Waals surface area contributed by atoms with Gasteiger partial charge < -0.3 is 9.47 Å². The summed E-state index contributed by atoms with van der Waals surface area (Å²) in [5.74, 6) is 0.444. The van der Waals surface area contributed by atoms with E-state index in [9.17, 15) is 4.79 Å². The molecule has 0 aliphatic carbocycles. The van der Waals surface area contributed by atoms with Crippen molar-refractivity contribution in [3.8, 4) is 5.75 Å². The van der Waals surface area contributed by atoms with E-state index in [1.165, 1.54) is 13.3 Å². The van der Waals surface area contributed by atoms with Crippen molar-refractivity contribution in [1.82, 2.24) is 9.78 Å². The van der Waals surface area contributed by atoms with Gasteiger partial charge in [-0.3, -0.25) is 4.68 Å². The molecule has 0 aliphatic rings. The molecule has 19 heavy (non-hydrogen) atoms. The first-order valence-corrected chi connectivity index (χ1v) is 6.66. The number of rotatable bonds is 4. The quantitative estimate of drug-likeness (QED) is 0.611. The van der Waals surface area contributed by atoms with Crippen LogP contribution in [0.5, 0.6) is 5.75 Å². The lowest BCUT2D eigenvalue weighted by Gasteiger charge is -2.05. The molecule has 0 amide bonds. The van der Waals surface area contributed by atoms with Crippen LogP contribution in [0, 0.1) is 3.70 Å². The second-order valence-corrected chi connectivity index (χ2v) is 4.87. The van der Waals surface area contributed by atoms with Gasteiger partial charge in [-0.15, -0.1) is 0 Å². The Balaban J connectivity index is 2.19. The third-order valence-corrected chi connectivity index (χ3v) is 3.81. The first kappa shape index (κ1) is 13.9. The van der Waals surface area contributed by atoms with Gasteiger partial charge in [0.1, 0.15) is 15.0 Å². The van der Waals surface area contributed by atoms with E-state index in [0.717, 1.165) is 15.0 Å². The van der Waals surface area contributed by atoms with Gasteiger partial charge in [0.2, 0.25) is 0 Å². The molecule has 0 bridgehead atoms. The molecule has 1 heterocycles. The molecule has 0 aliphatic heterocycles. The standard InChI is InChI=1S/C13H13IN2O3/c1-18-10-5-3-9(4-6-10)8-16-12(14)11(7-15-16)13(17)19-2/h3-7H,8H2,1-2H3. The molecule has 0 spiro atoms. The van der Waals surface area contributed by atoms with Crippen LogP contribution in [-0.4, -0.2) is 30.0 Å². The van der Waals surface area contributed by atoms with Gasteiger partial charge in [0.05, 0.1) is 27.0 Å². The Labute approximate surface area is 124 Å². The topological polar surface area (TPSA) is 53.3 Å². The number of benzene rings is 1. The normalized spacial score (nSPS) is 10.3. The first-order valence-electron chi connectivity index (χ1n) is 5.58. The highest BCUT2D eigenvalue weighted by molar-refractivity contribution is 14.1. The fraction of sp³-hybridized carbons (Fsp3) is 0.231. The molecule has 2 rings (SSSR count). The van der Waals surface area contributed by atoms with E-state index >= 15 is 0 Å². The van der Waals surface area contributed by atoms with Crippen LogP contribution in [0.25, 0.3) is 0 Å². The van der Waals surface area contributed by atoms with Gasteiger partial charge in [0.25, 0.3) is 0 Å². The van der Waals surface area contributed by atoms with Crippen molar-refractivity contribution in [1.29, 1.82) is 0 Å². The predicted molar refractivity (Wildman–Crippen MR) is 78.4 cm³/mol. The second kappa shape index (κ2) is 6.05. The van der Waals surface area contributed by atoms with E-state index in [4.69, 9.17) is 9.47 Å². The highest BCUT2D eigenvalue weighted by Crippen LogP contribution is 2.16. The van der Waals surface area contributed by atoms with Crippen molar-refractivity contribution in [3.05, 3.63) is 45.3 Å². The number of nitrogens with zero attached hydrogens (tertiary/aromatic N) is 2. The summed E-state index contributed by atoms with van der Waals surface area (Å²) < 4.78 is 12.3. The molecule has 0 N–H and O–H groups in total. The Bertz CT molecular complexity index is 578. The number of ether oxygens (including phenoxy) is 2. The molecule has 0 saturated carbocycles. The number of esters is 1. The Morgan fingerprint density at radius 1 is 1.32 bits per heavy atom. The van der Waals surface area contributed by atoms with Crippen molar-refractivity contribution in [2.45, 2.75) is 6.54 Å². The van der Waals surface area contributed by atoms with E-state index in [2.05, 4.69) is 27.7 Å². The molecule has 2 aromatic rings. The van der Waals surface area contributed by atoms with Crippen molar-refractivity contribution in [2.75, 3.05) is 14.2 Å². The average Bonchev–Trinajstić information content (AvgIpc) is 2.80. The maximum atomic E-state index is 11.5. The molecule has 1 aromatic heterocycles. The molecule has 1 aromatic carbocycles. The number of carbonyl (C=O) groups excluding carboxylic acids is 1. The van der Waals surface area contributed by atoms with E-state index in [1.807, 2.05) is 24.3 Å². The van der Waals surface area contributed by atoms with E-state index < -0.39 is 0 Å². The smallest absolute Gasteiger partial charge is 0.342 e. The monoisotopic (exact) mass is 372 g/mol. The van der Waals surface area contributed by atoms with Gasteiger partial charge in [-0.05, 0) is 40.3 Å². The fourth-order valence-electron chi connectivity index (χ4n) is 1.63. The van der Waals surface area contributed by atoms with Crippen molar-refractivity contribution >= 4 is 28.6 Å². The number of aromatic nitrogens is 2. The van der Waals surface area contributed by atoms with Crippen LogP contribution in [0.15, 0.2) is 30.5 Å². The van der Waals surface area contributed by atoms with Gasteiger partial charge in [-0.25, -0.2) is 4.79 Å². The summed E-state index contributed by atoms with van der Waals surface area (Å²) in [6.45, 7) is 0.596. The predicted octanol–water partition coefficient (Wildman–Crippen LogP) is 2.33. The lowest BCUT2D eigenvalue weighted by atomic mass is 10.2. The Hall–Kier alpha value is -1.57. The molecule has 100 valence electrons. The van der Waals surface area contributed by atoms with Gasteiger partial charge in [-0.1, -0.05) is 12.1 Å². The van der Waals surface area contributed by atoms with Crippen molar-refractivity contribution in [2.24, 2.45) is 0 Å². The zero-order chi connectivity index (χ0) is 13.8. The maximum Gasteiger partial charge on any atom is 0.342 e. The molecular weight excluding hydrogens is 359 g/mol. The third kappa shape index (κ3) is 3.06. The van der Waals surface area contributed by atoms with Crippen LogP contribution >= 0.6 is 22.6 Å². The molecule has 0 atom stereocenters. The molecule has 0 saturated heterocycles. The summed E-state index contributed by atoms with van der Waals surface area (Å²) in [5.41, 5.74) is 1.56. The molecule has 6 heteroatoms. The minimum atomic E-state index is -0.370. The number of halogens is 1. The zero-order valence-corrected chi connectivity index (χ0v) is 12.7. The van der Waals surface area contributed by atoms with Crippen LogP contribution < -0.4 is 4.74 Å². The second-order valence-electron chi connectivity index (χ2n) is 3.85. The van der Waals surface area contributed by atoms with Crippen molar-refractivity contribution < 1.29 is 14.3 Å². The average molecular weight is 372 g/mol. The molecule has 5 nitrogen and oxygen atoms in total. The number of carbonyl (C=O) groups is 1. The van der Waals surface area contributed by atoms with Crippen molar-refractivity contribution in [3.63, 3.8) is 0 Å². The lowest BCUT2D eigenvalue weighted by Crippen LogP contribution is -2.07. The summed E-state index contributed by atoms with van der Waals surface area (Å²) in [6, 6.07) is 7.72. The number of hydrogen-bond acceptors (Lipinski definition) is 4. The van der Waals surface area contributed by atoms with E-state index in [-0.39, 0.29) is 5.97 Å². The SMILES string of the molecule is COC(=O)c1cnn(Cc2ccc(OC)cc2)c1I. The largest absolute Gasteiger partial charge is 0.497 e. The fourth-order valence-corrected chi connectivity index (χ4v) is 2.29. The first-order chi connectivity index (χ1) is 9.15. The van der Waals surface area contributed by atoms with Crippen LogP contribution in [0.1, 0.15) is 15.9 Å². The van der Waals surface area contributed by atoms with Gasteiger partial charge in [0.15, 0.2) is 0 Å². The summed E-state index contributed by atoms with van der Waals surface area (Å²) in [7, 11) is 2.99. The Morgan fingerprint density at radius 2 is 2.00 bits per heavy atom. The third-order valence-electron chi connectivity index (χ3n) is 2.67. The summed E-state index contributed by atoms with van der Waals surface area (Å²) in [6.07, 6.45) is 1.52. The summed E-state index contributed by atoms with van der Waals surface area (Å²) in [4.78, 5) is 11.5. The minimum absolute atomic E-state index is 0.370. The van der Waals surface area contributed by atoms with E-state index in [0.29, 0.717) is 12.1 Å². The van der Waals surface area contributed by atoms with E-state index in [1.54, 1.807) is 11.8 Å². The van der Waals surface area contributed by atoms with Crippen LogP contribution in [0.3, 0.4) is 0 Å². The lowest BCUT2D eigenvalue weighted by molar-refractivity contribution is 0.0599. The van der Waals surface area contributed by atoms with Crippen LogP contribution in [-0.2, 0) is 11.3 Å². The van der Waals surface area contributed by atoms with Crippen LogP contribution in [0.2, 0.25) is 0 Å². The molecular formula is C13H13IN2O3. The summed E-state index contributed by atoms with van der Waals surface area (Å²) >= 11 is 2.09. The minimum Gasteiger partial charge on any atom is -0.497 e. The Morgan fingerprint density at radius 3 is 2.58 bits per heavy atom. The molecule has 0 radical (unpaired) electrons. The van der Waals surface area contributed by atoms with Gasteiger partial charge >= 0.3 is 5.97 Å². The van der Waals surface area contributed by atoms with Gasteiger partial charge in [-0.2, -0.15) is 5.10 Å². The Kier molecular flexibility index (Phi) is 4.41. The highest BCUT2D eigenvalue weighted by Gasteiger charge is 2.15. The molecule has 0 unspecified atom stereocenters. The van der Waals surface area contributed by atoms with Gasteiger partial charge in [0, 0.05) is 0 Å².